The fraction of sp³-hybridized carbons (Fsp3) is 0.286. The highest BCUT2D eigenvalue weighted by Crippen LogP contribution is 2.19. The van der Waals surface area contributed by atoms with E-state index in [2.05, 4.69) is 9.55 Å². The molecule has 0 saturated heterocycles. The highest BCUT2D eigenvalue weighted by molar-refractivity contribution is 5.94. The molecule has 19 heavy (non-hydrogen) atoms. The molecule has 0 fully saturated rings. The summed E-state index contributed by atoms with van der Waals surface area (Å²) < 4.78 is 2.06. The Labute approximate surface area is 111 Å². The van der Waals surface area contributed by atoms with Gasteiger partial charge in [0.1, 0.15) is 11.6 Å². The molecule has 0 bridgehead atoms. The standard InChI is InChI=1S/C14H15N3O2/c1-10-8-11(2-3-12(10)18)14(19)17-7-6-16-5-4-15-13(16)9-17/h2-5,8,18H,6-7,9H2,1H3. The molecular weight excluding hydrogens is 242 g/mol. The zero-order valence-electron chi connectivity index (χ0n) is 10.7. The van der Waals surface area contributed by atoms with Crippen molar-refractivity contribution < 1.29 is 9.90 Å². The molecule has 2 aromatic rings. The maximum absolute atomic E-state index is 12.4. The Hall–Kier alpha value is -2.30. The Morgan fingerprint density at radius 1 is 1.37 bits per heavy atom. The molecule has 0 aliphatic carbocycles. The number of benzene rings is 1. The summed E-state index contributed by atoms with van der Waals surface area (Å²) in [6, 6.07) is 4.94. The molecule has 1 aliphatic heterocycles. The molecule has 1 N–H and O–H groups in total. The van der Waals surface area contributed by atoms with Gasteiger partial charge in [0, 0.05) is 31.0 Å². The number of amides is 1. The molecule has 0 unspecified atom stereocenters. The molecule has 0 atom stereocenters. The van der Waals surface area contributed by atoms with Gasteiger partial charge in [-0.1, -0.05) is 0 Å². The number of imidazole rings is 1. The smallest absolute Gasteiger partial charge is 0.254 e. The van der Waals surface area contributed by atoms with Crippen molar-refractivity contribution in [1.29, 1.82) is 0 Å². The lowest BCUT2D eigenvalue weighted by molar-refractivity contribution is 0.0707. The average molecular weight is 257 g/mol. The molecule has 2 heterocycles. The highest BCUT2D eigenvalue weighted by atomic mass is 16.3. The number of phenols is 1. The van der Waals surface area contributed by atoms with Crippen molar-refractivity contribution in [2.75, 3.05) is 6.54 Å². The summed E-state index contributed by atoms with van der Waals surface area (Å²) in [7, 11) is 0. The molecule has 1 amide bonds. The second kappa shape index (κ2) is 4.42. The molecule has 1 aromatic heterocycles. The van der Waals surface area contributed by atoms with Crippen LogP contribution < -0.4 is 0 Å². The molecule has 0 radical (unpaired) electrons. The van der Waals surface area contributed by atoms with E-state index in [1.54, 1.807) is 36.2 Å². The first kappa shape index (κ1) is 11.8. The predicted octanol–water partition coefficient (Wildman–Crippen LogP) is 1.55. The third kappa shape index (κ3) is 2.07. The van der Waals surface area contributed by atoms with Crippen molar-refractivity contribution in [2.45, 2.75) is 20.0 Å². The van der Waals surface area contributed by atoms with Crippen LogP contribution in [0.4, 0.5) is 0 Å². The van der Waals surface area contributed by atoms with Crippen LogP contribution in [0, 0.1) is 6.92 Å². The van der Waals surface area contributed by atoms with Crippen molar-refractivity contribution in [3.05, 3.63) is 47.5 Å². The summed E-state index contributed by atoms with van der Waals surface area (Å²) in [5.41, 5.74) is 1.32. The number of aryl methyl sites for hydroxylation is 1. The van der Waals surface area contributed by atoms with Crippen molar-refractivity contribution in [2.24, 2.45) is 0 Å². The maximum atomic E-state index is 12.4. The molecular formula is C14H15N3O2. The molecule has 1 aliphatic rings. The lowest BCUT2D eigenvalue weighted by Crippen LogP contribution is -2.38. The van der Waals surface area contributed by atoms with Crippen LogP contribution in [-0.4, -0.2) is 32.0 Å². The summed E-state index contributed by atoms with van der Waals surface area (Å²) >= 11 is 0. The largest absolute Gasteiger partial charge is 0.508 e. The van der Waals surface area contributed by atoms with Gasteiger partial charge in [0.25, 0.3) is 5.91 Å². The minimum atomic E-state index is -0.0163. The Kier molecular flexibility index (Phi) is 2.74. The maximum Gasteiger partial charge on any atom is 0.254 e. The minimum Gasteiger partial charge on any atom is -0.508 e. The molecule has 98 valence electrons. The second-order valence-corrected chi connectivity index (χ2v) is 4.76. The van der Waals surface area contributed by atoms with Crippen molar-refractivity contribution in [3.63, 3.8) is 0 Å². The van der Waals surface area contributed by atoms with E-state index in [-0.39, 0.29) is 11.7 Å². The van der Waals surface area contributed by atoms with Gasteiger partial charge in [-0.05, 0) is 30.7 Å². The van der Waals surface area contributed by atoms with Crippen LogP contribution in [0.2, 0.25) is 0 Å². The van der Waals surface area contributed by atoms with Crippen LogP contribution in [0.3, 0.4) is 0 Å². The monoisotopic (exact) mass is 257 g/mol. The average Bonchev–Trinajstić information content (AvgIpc) is 2.88. The fourth-order valence-corrected chi connectivity index (χ4v) is 2.32. The van der Waals surface area contributed by atoms with E-state index in [0.29, 0.717) is 24.2 Å². The van der Waals surface area contributed by atoms with Crippen LogP contribution in [0.25, 0.3) is 0 Å². The van der Waals surface area contributed by atoms with Gasteiger partial charge in [0.15, 0.2) is 0 Å². The number of carbonyl (C=O) groups is 1. The summed E-state index contributed by atoms with van der Waals surface area (Å²) in [6.07, 6.45) is 3.69. The topological polar surface area (TPSA) is 58.4 Å². The number of aromatic nitrogens is 2. The van der Waals surface area contributed by atoms with Gasteiger partial charge >= 0.3 is 0 Å². The van der Waals surface area contributed by atoms with Gasteiger partial charge in [-0.15, -0.1) is 0 Å². The van der Waals surface area contributed by atoms with Gasteiger partial charge < -0.3 is 14.6 Å². The second-order valence-electron chi connectivity index (χ2n) is 4.76. The van der Waals surface area contributed by atoms with E-state index in [0.717, 1.165) is 12.4 Å². The first-order chi connectivity index (χ1) is 9.15. The molecule has 5 heteroatoms. The normalized spacial score (nSPS) is 14.3. The Bertz CT molecular complexity index is 633. The summed E-state index contributed by atoms with van der Waals surface area (Å²) in [4.78, 5) is 18.4. The van der Waals surface area contributed by atoms with E-state index in [1.807, 2.05) is 6.20 Å². The van der Waals surface area contributed by atoms with Gasteiger partial charge in [0.2, 0.25) is 0 Å². The number of fused-ring (bicyclic) bond motifs is 1. The van der Waals surface area contributed by atoms with Crippen molar-refractivity contribution in [1.82, 2.24) is 14.5 Å². The van der Waals surface area contributed by atoms with Crippen LogP contribution in [-0.2, 0) is 13.1 Å². The molecule has 3 rings (SSSR count). The third-order valence-corrected chi connectivity index (χ3v) is 3.48. The number of aromatic hydroxyl groups is 1. The summed E-state index contributed by atoms with van der Waals surface area (Å²) in [5.74, 6) is 1.11. The zero-order valence-corrected chi connectivity index (χ0v) is 10.7. The zero-order chi connectivity index (χ0) is 13.4. The minimum absolute atomic E-state index is 0.0163. The molecule has 0 spiro atoms. The number of hydrogen-bond donors (Lipinski definition) is 1. The first-order valence-corrected chi connectivity index (χ1v) is 6.24. The van der Waals surface area contributed by atoms with E-state index in [9.17, 15) is 9.90 Å². The van der Waals surface area contributed by atoms with Crippen LogP contribution in [0.15, 0.2) is 30.6 Å². The molecule has 5 nitrogen and oxygen atoms in total. The number of carbonyl (C=O) groups excluding carboxylic acids is 1. The van der Waals surface area contributed by atoms with E-state index in [4.69, 9.17) is 0 Å². The van der Waals surface area contributed by atoms with E-state index < -0.39 is 0 Å². The third-order valence-electron chi connectivity index (χ3n) is 3.48. The first-order valence-electron chi connectivity index (χ1n) is 6.24. The van der Waals surface area contributed by atoms with Crippen LogP contribution >= 0.6 is 0 Å². The number of nitrogens with zero attached hydrogens (tertiary/aromatic N) is 3. The number of rotatable bonds is 1. The van der Waals surface area contributed by atoms with Crippen molar-refractivity contribution >= 4 is 5.91 Å². The SMILES string of the molecule is Cc1cc(C(=O)N2CCn3ccnc3C2)ccc1O. The van der Waals surface area contributed by atoms with Gasteiger partial charge in [-0.2, -0.15) is 0 Å². The molecule has 0 saturated carbocycles. The van der Waals surface area contributed by atoms with Gasteiger partial charge in [-0.25, -0.2) is 4.98 Å². The Morgan fingerprint density at radius 3 is 3.00 bits per heavy atom. The van der Waals surface area contributed by atoms with Crippen LogP contribution in [0.1, 0.15) is 21.7 Å². The molecule has 1 aromatic carbocycles. The summed E-state index contributed by atoms with van der Waals surface area (Å²) in [5, 5.41) is 9.50. The van der Waals surface area contributed by atoms with Gasteiger partial charge in [-0.3, -0.25) is 4.79 Å². The van der Waals surface area contributed by atoms with Gasteiger partial charge in [0.05, 0.1) is 6.54 Å². The Morgan fingerprint density at radius 2 is 2.21 bits per heavy atom. The quantitative estimate of drug-likeness (QED) is 0.843. The highest BCUT2D eigenvalue weighted by Gasteiger charge is 2.22. The Balaban J connectivity index is 1.83. The fourth-order valence-electron chi connectivity index (χ4n) is 2.32. The van der Waals surface area contributed by atoms with Crippen molar-refractivity contribution in [3.8, 4) is 5.75 Å². The van der Waals surface area contributed by atoms with E-state index >= 15 is 0 Å². The number of hydrogen-bond acceptors (Lipinski definition) is 3. The van der Waals surface area contributed by atoms with E-state index in [1.165, 1.54) is 0 Å². The summed E-state index contributed by atoms with van der Waals surface area (Å²) in [6.45, 7) is 3.78. The lowest BCUT2D eigenvalue weighted by atomic mass is 10.1. The van der Waals surface area contributed by atoms with Crippen LogP contribution in [0.5, 0.6) is 5.75 Å². The number of phenolic OH excluding ortho intramolecular Hbond substituents is 1. The lowest BCUT2D eigenvalue weighted by Gasteiger charge is -2.27. The predicted molar refractivity (Wildman–Crippen MR) is 69.8 cm³/mol.